The molecule has 1 aromatic heterocycles. The molecule has 2 atom stereocenters. The fourth-order valence-electron chi connectivity index (χ4n) is 2.40. The Morgan fingerprint density at radius 1 is 1.42 bits per heavy atom. The minimum absolute atomic E-state index is 0.0387. The van der Waals surface area contributed by atoms with Crippen LogP contribution in [-0.4, -0.2) is 30.8 Å². The van der Waals surface area contributed by atoms with Gasteiger partial charge in [-0.2, -0.15) is 11.3 Å². The van der Waals surface area contributed by atoms with Crippen LogP contribution in [0.2, 0.25) is 0 Å². The molecule has 1 aromatic carbocycles. The van der Waals surface area contributed by atoms with Gasteiger partial charge in [0.15, 0.2) is 0 Å². The van der Waals surface area contributed by atoms with Gasteiger partial charge in [0, 0.05) is 6.04 Å². The van der Waals surface area contributed by atoms with Crippen molar-refractivity contribution in [2.75, 3.05) is 13.7 Å². The molecule has 2 aromatic rings. The summed E-state index contributed by atoms with van der Waals surface area (Å²) in [6, 6.07) is 9.30. The minimum Gasteiger partial charge on any atom is -0.497 e. The Labute approximate surface area is 146 Å². The number of nitrogens with one attached hydrogen (secondary N) is 2. The third kappa shape index (κ3) is 5.25. The number of thiophene rings is 1. The van der Waals surface area contributed by atoms with Gasteiger partial charge in [-0.1, -0.05) is 12.1 Å². The number of benzene rings is 1. The van der Waals surface area contributed by atoms with Gasteiger partial charge in [-0.05, 0) is 60.4 Å². The Morgan fingerprint density at radius 3 is 2.88 bits per heavy atom. The van der Waals surface area contributed by atoms with Gasteiger partial charge in [-0.3, -0.25) is 0 Å². The lowest BCUT2D eigenvalue weighted by Crippen LogP contribution is -2.46. The summed E-state index contributed by atoms with van der Waals surface area (Å²) < 4.78 is 5.20. The number of carbonyl (C=O) groups is 1. The molecule has 0 aliphatic heterocycles. The summed E-state index contributed by atoms with van der Waals surface area (Å²) in [7, 11) is 1.63. The number of aliphatic hydroxyl groups is 1. The van der Waals surface area contributed by atoms with E-state index in [4.69, 9.17) is 4.74 Å². The van der Waals surface area contributed by atoms with Crippen molar-refractivity contribution in [1.29, 1.82) is 0 Å². The Balaban J connectivity index is 1.81. The van der Waals surface area contributed by atoms with Gasteiger partial charge >= 0.3 is 6.03 Å². The van der Waals surface area contributed by atoms with Gasteiger partial charge in [0.05, 0.1) is 13.7 Å². The van der Waals surface area contributed by atoms with Gasteiger partial charge in [0.1, 0.15) is 11.4 Å². The zero-order valence-corrected chi connectivity index (χ0v) is 15.0. The molecule has 0 aliphatic carbocycles. The van der Waals surface area contributed by atoms with Crippen molar-refractivity contribution < 1.29 is 14.6 Å². The Hall–Kier alpha value is -2.05. The van der Waals surface area contributed by atoms with Crippen molar-refractivity contribution in [2.45, 2.75) is 31.9 Å². The molecule has 0 saturated carbocycles. The van der Waals surface area contributed by atoms with E-state index in [0.717, 1.165) is 16.9 Å². The highest BCUT2D eigenvalue weighted by Crippen LogP contribution is 2.22. The fourth-order valence-corrected chi connectivity index (χ4v) is 3.19. The van der Waals surface area contributed by atoms with E-state index in [-0.39, 0.29) is 18.6 Å². The smallest absolute Gasteiger partial charge is 0.315 e. The predicted molar refractivity (Wildman–Crippen MR) is 96.6 cm³/mol. The van der Waals surface area contributed by atoms with Crippen LogP contribution in [0.25, 0.3) is 0 Å². The standard InChI is InChI=1S/C18H24N2O3S/c1-13(9-14-5-4-6-16(10-14)23-3)20-17(21)19-12-18(2,22)15-7-8-24-11-15/h4-8,10-11,13,22H,9,12H2,1-3H3,(H2,19,20,21). The Kier molecular flexibility index (Phi) is 6.23. The number of hydrogen-bond donors (Lipinski definition) is 3. The highest BCUT2D eigenvalue weighted by Gasteiger charge is 2.24. The zero-order valence-electron chi connectivity index (χ0n) is 14.2. The summed E-state index contributed by atoms with van der Waals surface area (Å²) in [4.78, 5) is 12.0. The third-order valence-electron chi connectivity index (χ3n) is 3.79. The van der Waals surface area contributed by atoms with E-state index in [1.165, 1.54) is 11.3 Å². The molecule has 3 N–H and O–H groups in total. The second kappa shape index (κ2) is 8.17. The zero-order chi connectivity index (χ0) is 17.6. The molecule has 24 heavy (non-hydrogen) atoms. The molecular formula is C18H24N2O3S. The summed E-state index contributed by atoms with van der Waals surface area (Å²) in [5.74, 6) is 0.802. The highest BCUT2D eigenvalue weighted by atomic mass is 32.1. The van der Waals surface area contributed by atoms with Crippen LogP contribution in [0.4, 0.5) is 4.79 Å². The summed E-state index contributed by atoms with van der Waals surface area (Å²) >= 11 is 1.52. The van der Waals surface area contributed by atoms with E-state index in [2.05, 4.69) is 10.6 Å². The molecule has 0 fully saturated rings. The van der Waals surface area contributed by atoms with Gasteiger partial charge in [0.2, 0.25) is 0 Å². The van der Waals surface area contributed by atoms with E-state index in [1.807, 2.05) is 48.0 Å². The van der Waals surface area contributed by atoms with E-state index in [9.17, 15) is 9.90 Å². The molecule has 0 bridgehead atoms. The van der Waals surface area contributed by atoms with Crippen molar-refractivity contribution in [2.24, 2.45) is 0 Å². The van der Waals surface area contributed by atoms with Crippen molar-refractivity contribution in [3.05, 3.63) is 52.2 Å². The first-order chi connectivity index (χ1) is 11.4. The number of hydrogen-bond acceptors (Lipinski definition) is 4. The van der Waals surface area contributed by atoms with E-state index in [0.29, 0.717) is 6.42 Å². The van der Waals surface area contributed by atoms with E-state index in [1.54, 1.807) is 14.0 Å². The number of amides is 2. The first-order valence-corrected chi connectivity index (χ1v) is 8.77. The maximum Gasteiger partial charge on any atom is 0.315 e. The number of rotatable bonds is 7. The molecule has 130 valence electrons. The van der Waals surface area contributed by atoms with Crippen LogP contribution in [0.5, 0.6) is 5.75 Å². The Morgan fingerprint density at radius 2 is 2.21 bits per heavy atom. The second-order valence-electron chi connectivity index (χ2n) is 6.07. The quantitative estimate of drug-likeness (QED) is 0.720. The SMILES string of the molecule is COc1cccc(CC(C)NC(=O)NCC(C)(O)c2ccsc2)c1. The molecule has 2 rings (SSSR count). The molecule has 1 heterocycles. The summed E-state index contributed by atoms with van der Waals surface area (Å²) in [6.07, 6.45) is 0.700. The fraction of sp³-hybridized carbons (Fsp3) is 0.389. The Bertz CT molecular complexity index is 656. The third-order valence-corrected chi connectivity index (χ3v) is 4.47. The maximum atomic E-state index is 12.0. The van der Waals surface area contributed by atoms with Gasteiger partial charge in [0.25, 0.3) is 0 Å². The maximum absolute atomic E-state index is 12.0. The van der Waals surface area contributed by atoms with Crippen LogP contribution in [0.3, 0.4) is 0 Å². The predicted octanol–water partition coefficient (Wildman–Crippen LogP) is 2.89. The lowest BCUT2D eigenvalue weighted by atomic mass is 9.99. The first-order valence-electron chi connectivity index (χ1n) is 7.83. The average molecular weight is 348 g/mol. The van der Waals surface area contributed by atoms with Crippen molar-refractivity contribution in [3.8, 4) is 5.75 Å². The number of carbonyl (C=O) groups excluding carboxylic acids is 1. The number of urea groups is 1. The van der Waals surface area contributed by atoms with Crippen LogP contribution in [0.1, 0.15) is 25.0 Å². The van der Waals surface area contributed by atoms with Crippen LogP contribution in [0, 0.1) is 0 Å². The number of ether oxygens (including phenoxy) is 1. The van der Waals surface area contributed by atoms with Crippen LogP contribution >= 0.6 is 11.3 Å². The molecule has 0 radical (unpaired) electrons. The van der Waals surface area contributed by atoms with E-state index < -0.39 is 5.60 Å². The van der Waals surface area contributed by atoms with Gasteiger partial charge < -0.3 is 20.5 Å². The molecule has 2 amide bonds. The molecule has 0 spiro atoms. The second-order valence-corrected chi connectivity index (χ2v) is 6.85. The molecule has 6 heteroatoms. The van der Waals surface area contributed by atoms with E-state index >= 15 is 0 Å². The largest absolute Gasteiger partial charge is 0.497 e. The average Bonchev–Trinajstić information content (AvgIpc) is 3.08. The van der Waals surface area contributed by atoms with Crippen molar-refractivity contribution in [1.82, 2.24) is 10.6 Å². The molecule has 2 unspecified atom stereocenters. The minimum atomic E-state index is -1.08. The van der Waals surface area contributed by atoms with Gasteiger partial charge in [-0.15, -0.1) is 0 Å². The van der Waals surface area contributed by atoms with Crippen molar-refractivity contribution >= 4 is 17.4 Å². The lowest BCUT2D eigenvalue weighted by Gasteiger charge is -2.23. The molecule has 0 aliphatic rings. The lowest BCUT2D eigenvalue weighted by molar-refractivity contribution is 0.0597. The highest BCUT2D eigenvalue weighted by molar-refractivity contribution is 7.08. The summed E-state index contributed by atoms with van der Waals surface area (Å²) in [6.45, 7) is 3.78. The molecule has 5 nitrogen and oxygen atoms in total. The van der Waals surface area contributed by atoms with Crippen LogP contribution in [-0.2, 0) is 12.0 Å². The van der Waals surface area contributed by atoms with Crippen LogP contribution in [0.15, 0.2) is 41.1 Å². The summed E-state index contributed by atoms with van der Waals surface area (Å²) in [5, 5.41) is 19.8. The first kappa shape index (κ1) is 18.3. The molecule has 0 saturated heterocycles. The number of methoxy groups -OCH3 is 1. The molecular weight excluding hydrogens is 324 g/mol. The monoisotopic (exact) mass is 348 g/mol. The normalized spacial score (nSPS) is 14.5. The summed E-state index contributed by atoms with van der Waals surface area (Å²) in [5.41, 5.74) is 0.817. The van der Waals surface area contributed by atoms with Gasteiger partial charge in [-0.25, -0.2) is 4.79 Å². The topological polar surface area (TPSA) is 70.6 Å². The van der Waals surface area contributed by atoms with Crippen molar-refractivity contribution in [3.63, 3.8) is 0 Å². The van der Waals surface area contributed by atoms with Crippen LogP contribution < -0.4 is 15.4 Å².